The Morgan fingerprint density at radius 1 is 0.892 bits per heavy atom. The standard InChI is InChI=1S/C25H24Cl3NO8/c1-24(2)36-17-16(13-32-20(30)14-9-5-3-6-10-14)33-22(35-23(29)25(26,27)28)19(18(17)37-24)34-21(31)15-11-7-4-8-12-15/h3-12,16-19,22,29H,13H2,1-2H3/t16-,17+,18+,19-,22-/m1/s1. The zero-order valence-corrected chi connectivity index (χ0v) is 22.0. The first kappa shape index (κ1) is 27.6. The van der Waals surface area contributed by atoms with Crippen molar-refractivity contribution in [1.82, 2.24) is 0 Å². The van der Waals surface area contributed by atoms with Gasteiger partial charge in [0.1, 0.15) is 24.9 Å². The minimum absolute atomic E-state index is 0.255. The first-order valence-electron chi connectivity index (χ1n) is 11.3. The molecule has 0 unspecified atom stereocenters. The van der Waals surface area contributed by atoms with Gasteiger partial charge in [-0.1, -0.05) is 71.2 Å². The van der Waals surface area contributed by atoms with E-state index >= 15 is 0 Å². The number of fused-ring (bicyclic) bond motifs is 1. The van der Waals surface area contributed by atoms with E-state index in [1.54, 1.807) is 74.5 Å². The molecule has 0 aliphatic carbocycles. The van der Waals surface area contributed by atoms with Gasteiger partial charge in [-0.15, -0.1) is 0 Å². The van der Waals surface area contributed by atoms with E-state index < -0.39 is 58.1 Å². The summed E-state index contributed by atoms with van der Waals surface area (Å²) in [7, 11) is 0. The molecular weight excluding hydrogens is 549 g/mol. The summed E-state index contributed by atoms with van der Waals surface area (Å²) in [5, 5.41) is 8.03. The summed E-state index contributed by atoms with van der Waals surface area (Å²) in [6.07, 6.45) is -5.36. The van der Waals surface area contributed by atoms with Gasteiger partial charge in [0, 0.05) is 0 Å². The van der Waals surface area contributed by atoms with Crippen LogP contribution >= 0.6 is 34.8 Å². The second-order valence-corrected chi connectivity index (χ2v) is 11.0. The molecule has 0 amide bonds. The fraction of sp³-hybridized carbons (Fsp3) is 0.400. The number of carbonyl (C=O) groups excluding carboxylic acids is 2. The lowest BCUT2D eigenvalue weighted by Gasteiger charge is -2.41. The quantitative estimate of drug-likeness (QED) is 0.230. The zero-order chi connectivity index (χ0) is 26.8. The van der Waals surface area contributed by atoms with Gasteiger partial charge in [-0.3, -0.25) is 5.41 Å². The van der Waals surface area contributed by atoms with Crippen LogP contribution in [-0.2, 0) is 28.4 Å². The molecule has 2 fully saturated rings. The van der Waals surface area contributed by atoms with Crippen LogP contribution in [-0.4, -0.2) is 64.7 Å². The first-order valence-corrected chi connectivity index (χ1v) is 12.4. The molecule has 37 heavy (non-hydrogen) atoms. The van der Waals surface area contributed by atoms with Gasteiger partial charge in [-0.2, -0.15) is 0 Å². The van der Waals surface area contributed by atoms with E-state index in [2.05, 4.69) is 0 Å². The zero-order valence-electron chi connectivity index (χ0n) is 19.8. The molecule has 198 valence electrons. The number of alkyl halides is 3. The second kappa shape index (κ2) is 11.1. The van der Waals surface area contributed by atoms with Gasteiger partial charge < -0.3 is 28.4 Å². The number of ether oxygens (including phenoxy) is 6. The summed E-state index contributed by atoms with van der Waals surface area (Å²) in [4.78, 5) is 25.4. The van der Waals surface area contributed by atoms with Gasteiger partial charge in [0.25, 0.3) is 3.79 Å². The third kappa shape index (κ3) is 6.73. The average molecular weight is 573 g/mol. The van der Waals surface area contributed by atoms with E-state index in [0.717, 1.165) is 0 Å². The molecule has 2 heterocycles. The SMILES string of the molecule is CC1(C)O[C@H]2[C@@H](O1)[C@@H](COC(=O)c1ccccc1)O[C@H](OC(=N)C(Cl)(Cl)Cl)[C@@H]2OC(=O)c1ccccc1. The number of esters is 2. The molecule has 0 saturated carbocycles. The number of rotatable bonds is 6. The van der Waals surface area contributed by atoms with E-state index in [1.807, 2.05) is 0 Å². The molecule has 1 N–H and O–H groups in total. The molecule has 0 spiro atoms. The maximum absolute atomic E-state index is 12.9. The topological polar surface area (TPSA) is 113 Å². The number of carbonyl (C=O) groups is 2. The van der Waals surface area contributed by atoms with Gasteiger partial charge in [0.15, 0.2) is 11.9 Å². The van der Waals surface area contributed by atoms with E-state index in [-0.39, 0.29) is 12.2 Å². The monoisotopic (exact) mass is 571 g/mol. The van der Waals surface area contributed by atoms with Gasteiger partial charge in [0.05, 0.1) is 11.1 Å². The highest BCUT2D eigenvalue weighted by molar-refractivity contribution is 6.76. The molecule has 0 bridgehead atoms. The van der Waals surface area contributed by atoms with Gasteiger partial charge in [0.2, 0.25) is 12.2 Å². The third-order valence-corrected chi connectivity index (χ3v) is 6.08. The van der Waals surface area contributed by atoms with Crippen LogP contribution in [0.25, 0.3) is 0 Å². The van der Waals surface area contributed by atoms with E-state index in [4.69, 9.17) is 68.6 Å². The largest absolute Gasteiger partial charge is 0.459 e. The number of hydrogen-bond acceptors (Lipinski definition) is 9. The van der Waals surface area contributed by atoms with E-state index in [0.29, 0.717) is 5.56 Å². The van der Waals surface area contributed by atoms with E-state index in [9.17, 15) is 9.59 Å². The molecule has 0 radical (unpaired) electrons. The Balaban J connectivity index is 1.59. The molecular formula is C25H24Cl3NO8. The Kier molecular flexibility index (Phi) is 8.32. The highest BCUT2D eigenvalue weighted by atomic mass is 35.6. The van der Waals surface area contributed by atoms with Crippen molar-refractivity contribution in [3.63, 3.8) is 0 Å². The van der Waals surface area contributed by atoms with Crippen molar-refractivity contribution in [3.05, 3.63) is 71.8 Å². The second-order valence-electron chi connectivity index (χ2n) is 8.75. The van der Waals surface area contributed by atoms with Gasteiger partial charge >= 0.3 is 11.9 Å². The molecule has 9 nitrogen and oxygen atoms in total. The Bertz CT molecular complexity index is 1130. The molecule has 2 aliphatic rings. The average Bonchev–Trinajstić information content (AvgIpc) is 3.19. The van der Waals surface area contributed by atoms with Crippen LogP contribution in [0.15, 0.2) is 60.7 Å². The van der Waals surface area contributed by atoms with Crippen LogP contribution in [0.5, 0.6) is 0 Å². The third-order valence-electron chi connectivity index (χ3n) is 5.56. The molecule has 2 aromatic carbocycles. The minimum Gasteiger partial charge on any atom is -0.459 e. The van der Waals surface area contributed by atoms with Gasteiger partial charge in [-0.05, 0) is 38.1 Å². The van der Waals surface area contributed by atoms with Crippen molar-refractivity contribution < 1.29 is 38.0 Å². The predicted molar refractivity (Wildman–Crippen MR) is 134 cm³/mol. The summed E-state index contributed by atoms with van der Waals surface area (Å²) in [5.74, 6) is -3.14. The van der Waals surface area contributed by atoms with Crippen molar-refractivity contribution in [2.24, 2.45) is 0 Å². The maximum atomic E-state index is 12.9. The lowest BCUT2D eigenvalue weighted by Crippen LogP contribution is -2.60. The number of halogens is 3. The number of nitrogens with one attached hydrogen (secondary N) is 1. The molecule has 2 aromatic rings. The molecule has 12 heteroatoms. The van der Waals surface area contributed by atoms with Crippen molar-refractivity contribution in [1.29, 1.82) is 5.41 Å². The summed E-state index contributed by atoms with van der Waals surface area (Å²) in [6, 6.07) is 16.7. The Morgan fingerprint density at radius 3 is 2.00 bits per heavy atom. The molecule has 2 aliphatic heterocycles. The van der Waals surface area contributed by atoms with Crippen molar-refractivity contribution in [2.75, 3.05) is 6.61 Å². The van der Waals surface area contributed by atoms with Crippen LogP contribution < -0.4 is 0 Å². The summed E-state index contributed by atoms with van der Waals surface area (Å²) in [6.45, 7) is 3.09. The summed E-state index contributed by atoms with van der Waals surface area (Å²) in [5.41, 5.74) is 0.616. The molecule has 5 atom stereocenters. The Labute approximate surface area is 228 Å². The van der Waals surface area contributed by atoms with Crippen LogP contribution in [0.4, 0.5) is 0 Å². The van der Waals surface area contributed by atoms with E-state index in [1.165, 1.54) is 0 Å². The highest BCUT2D eigenvalue weighted by Gasteiger charge is 2.58. The maximum Gasteiger partial charge on any atom is 0.338 e. The Morgan fingerprint density at radius 2 is 1.43 bits per heavy atom. The number of hydrogen-bond donors (Lipinski definition) is 1. The lowest BCUT2D eigenvalue weighted by atomic mass is 9.99. The van der Waals surface area contributed by atoms with Crippen LogP contribution in [0.2, 0.25) is 0 Å². The normalized spacial score (nSPS) is 26.6. The Hall–Kier alpha value is -2.40. The molecule has 2 saturated heterocycles. The van der Waals surface area contributed by atoms with Crippen molar-refractivity contribution in [2.45, 2.75) is 54.1 Å². The number of benzene rings is 2. The smallest absolute Gasteiger partial charge is 0.338 e. The fourth-order valence-electron chi connectivity index (χ4n) is 3.96. The minimum atomic E-state index is -2.21. The predicted octanol–water partition coefficient (Wildman–Crippen LogP) is 4.68. The van der Waals surface area contributed by atoms with Gasteiger partial charge in [-0.25, -0.2) is 9.59 Å². The first-order chi connectivity index (χ1) is 17.4. The lowest BCUT2D eigenvalue weighted by molar-refractivity contribution is -0.258. The fourth-order valence-corrected chi connectivity index (χ4v) is 4.09. The van der Waals surface area contributed by atoms with Crippen molar-refractivity contribution in [3.8, 4) is 0 Å². The van der Waals surface area contributed by atoms with Crippen LogP contribution in [0.3, 0.4) is 0 Å². The van der Waals surface area contributed by atoms with Crippen molar-refractivity contribution >= 4 is 52.6 Å². The van der Waals surface area contributed by atoms with Crippen LogP contribution in [0, 0.1) is 5.41 Å². The summed E-state index contributed by atoms with van der Waals surface area (Å²) < 4.78 is 32.6. The van der Waals surface area contributed by atoms with Crippen LogP contribution in [0.1, 0.15) is 34.6 Å². The molecule has 4 rings (SSSR count). The molecule has 0 aromatic heterocycles. The highest BCUT2D eigenvalue weighted by Crippen LogP contribution is 2.40. The summed E-state index contributed by atoms with van der Waals surface area (Å²) >= 11 is 17.4.